The van der Waals surface area contributed by atoms with Crippen molar-refractivity contribution in [2.75, 3.05) is 0 Å². The smallest absolute Gasteiger partial charge is 0.303 e. The Bertz CT molecular complexity index is 576. The van der Waals surface area contributed by atoms with Crippen LogP contribution in [0.5, 0.6) is 0 Å². The predicted octanol–water partition coefficient (Wildman–Crippen LogP) is 2.01. The minimum Gasteiger partial charge on any atom is -0.481 e. The zero-order valence-electron chi connectivity index (χ0n) is 10.1. The lowest BCUT2D eigenvalue weighted by molar-refractivity contribution is -0.137. The molecule has 1 unspecified atom stereocenters. The van der Waals surface area contributed by atoms with E-state index in [1.165, 1.54) is 0 Å². The quantitative estimate of drug-likeness (QED) is 0.842. The van der Waals surface area contributed by atoms with Crippen LogP contribution < -0.4 is 4.72 Å². The topological polar surface area (TPSA) is 83.5 Å². The van der Waals surface area contributed by atoms with E-state index in [1.807, 2.05) is 0 Å². The summed E-state index contributed by atoms with van der Waals surface area (Å²) < 4.78 is 39.1. The van der Waals surface area contributed by atoms with Crippen LogP contribution in [0.2, 0.25) is 5.02 Å². The number of halogens is 2. The number of benzene rings is 1. The van der Waals surface area contributed by atoms with Crippen molar-refractivity contribution in [3.05, 3.63) is 29.0 Å². The zero-order valence-corrected chi connectivity index (χ0v) is 11.6. The maximum atomic E-state index is 12.9. The molecule has 0 aliphatic rings. The second-order valence-electron chi connectivity index (χ2n) is 4.03. The van der Waals surface area contributed by atoms with Crippen molar-refractivity contribution in [2.45, 2.75) is 30.7 Å². The predicted molar refractivity (Wildman–Crippen MR) is 68.1 cm³/mol. The number of carboxylic acid groups (broad SMARTS) is 1. The molecule has 0 aliphatic heterocycles. The third-order valence-electron chi connectivity index (χ3n) is 2.35. The first-order valence-electron chi connectivity index (χ1n) is 5.41. The van der Waals surface area contributed by atoms with Gasteiger partial charge in [0.2, 0.25) is 10.0 Å². The van der Waals surface area contributed by atoms with Gasteiger partial charge in [0.25, 0.3) is 0 Å². The highest BCUT2D eigenvalue weighted by molar-refractivity contribution is 7.89. The van der Waals surface area contributed by atoms with E-state index in [4.69, 9.17) is 16.7 Å². The highest BCUT2D eigenvalue weighted by Crippen LogP contribution is 2.19. The molecule has 2 N–H and O–H groups in total. The second kappa shape index (κ2) is 6.31. The van der Waals surface area contributed by atoms with Gasteiger partial charge in [0, 0.05) is 12.5 Å². The highest BCUT2D eigenvalue weighted by atomic mass is 35.5. The van der Waals surface area contributed by atoms with Crippen LogP contribution >= 0.6 is 11.6 Å². The molecule has 106 valence electrons. The average molecular weight is 310 g/mol. The summed E-state index contributed by atoms with van der Waals surface area (Å²) in [6.45, 7) is 1.55. The number of aliphatic carboxylic acids is 1. The summed E-state index contributed by atoms with van der Waals surface area (Å²) in [5.41, 5.74) is 0. The van der Waals surface area contributed by atoms with Gasteiger partial charge in [-0.15, -0.1) is 0 Å². The number of rotatable bonds is 6. The van der Waals surface area contributed by atoms with E-state index in [1.54, 1.807) is 6.92 Å². The van der Waals surface area contributed by atoms with E-state index in [2.05, 4.69) is 4.72 Å². The van der Waals surface area contributed by atoms with Crippen LogP contribution in [0.3, 0.4) is 0 Å². The Morgan fingerprint density at radius 2 is 2.16 bits per heavy atom. The van der Waals surface area contributed by atoms with Gasteiger partial charge in [-0.05, 0) is 31.5 Å². The van der Waals surface area contributed by atoms with Crippen molar-refractivity contribution >= 4 is 27.6 Å². The highest BCUT2D eigenvalue weighted by Gasteiger charge is 2.19. The Balaban J connectivity index is 2.80. The number of carbonyl (C=O) groups is 1. The summed E-state index contributed by atoms with van der Waals surface area (Å²) in [5.74, 6) is -1.71. The summed E-state index contributed by atoms with van der Waals surface area (Å²) in [6.07, 6.45) is 0.0113. The largest absolute Gasteiger partial charge is 0.481 e. The van der Waals surface area contributed by atoms with Gasteiger partial charge < -0.3 is 5.11 Å². The Morgan fingerprint density at radius 1 is 1.53 bits per heavy atom. The lowest BCUT2D eigenvalue weighted by atomic mass is 10.2. The first-order valence-corrected chi connectivity index (χ1v) is 7.27. The summed E-state index contributed by atoms with van der Waals surface area (Å²) in [5, 5.41) is 8.22. The van der Waals surface area contributed by atoms with Crippen LogP contribution in [0.25, 0.3) is 0 Å². The Morgan fingerprint density at radius 3 is 2.68 bits per heavy atom. The van der Waals surface area contributed by atoms with Crippen LogP contribution in [-0.2, 0) is 14.8 Å². The molecule has 0 spiro atoms. The Labute approximate surface area is 115 Å². The van der Waals surface area contributed by atoms with Gasteiger partial charge >= 0.3 is 5.97 Å². The molecule has 0 saturated carbocycles. The van der Waals surface area contributed by atoms with Crippen LogP contribution in [0, 0.1) is 5.82 Å². The average Bonchev–Trinajstić information content (AvgIpc) is 2.29. The van der Waals surface area contributed by atoms with Gasteiger partial charge in [-0.3, -0.25) is 4.79 Å². The van der Waals surface area contributed by atoms with Crippen molar-refractivity contribution in [3.63, 3.8) is 0 Å². The molecule has 0 heterocycles. The molecule has 0 aromatic heterocycles. The van der Waals surface area contributed by atoms with Crippen LogP contribution in [0.1, 0.15) is 19.8 Å². The summed E-state index contributed by atoms with van der Waals surface area (Å²) >= 11 is 5.51. The molecular formula is C11H13ClFNO4S. The summed E-state index contributed by atoms with van der Waals surface area (Å²) in [6, 6.07) is 2.50. The van der Waals surface area contributed by atoms with Gasteiger partial charge in [0.1, 0.15) is 5.82 Å². The van der Waals surface area contributed by atoms with E-state index in [9.17, 15) is 17.6 Å². The molecule has 1 atom stereocenters. The van der Waals surface area contributed by atoms with Crippen LogP contribution in [-0.4, -0.2) is 25.5 Å². The molecule has 0 aliphatic carbocycles. The second-order valence-corrected chi connectivity index (χ2v) is 6.15. The van der Waals surface area contributed by atoms with Crippen molar-refractivity contribution in [2.24, 2.45) is 0 Å². The number of hydrogen-bond donors (Lipinski definition) is 2. The molecule has 19 heavy (non-hydrogen) atoms. The SMILES string of the molecule is CC(CCC(=O)O)NS(=O)(=O)c1ccc(F)c(Cl)c1. The third-order valence-corrected chi connectivity index (χ3v) is 4.23. The number of hydrogen-bond acceptors (Lipinski definition) is 3. The summed E-state index contributed by atoms with van der Waals surface area (Å²) in [4.78, 5) is 10.2. The molecule has 0 bridgehead atoms. The van der Waals surface area contributed by atoms with Crippen molar-refractivity contribution in [1.29, 1.82) is 0 Å². The van der Waals surface area contributed by atoms with Gasteiger partial charge in [-0.25, -0.2) is 17.5 Å². The van der Waals surface area contributed by atoms with E-state index < -0.39 is 27.9 Å². The van der Waals surface area contributed by atoms with Gasteiger partial charge in [0.15, 0.2) is 0 Å². The molecule has 1 aromatic rings. The van der Waals surface area contributed by atoms with Crippen molar-refractivity contribution < 1.29 is 22.7 Å². The van der Waals surface area contributed by atoms with Gasteiger partial charge in [-0.1, -0.05) is 11.6 Å². The molecule has 0 fully saturated rings. The lowest BCUT2D eigenvalue weighted by Crippen LogP contribution is -2.33. The summed E-state index contributed by atoms with van der Waals surface area (Å²) in [7, 11) is -3.84. The molecule has 0 amide bonds. The van der Waals surface area contributed by atoms with E-state index in [-0.39, 0.29) is 22.8 Å². The standard InChI is InChI=1S/C11H13ClFNO4S/c1-7(2-5-11(15)16)14-19(17,18)8-3-4-10(13)9(12)6-8/h3-4,6-7,14H,2,5H2,1H3,(H,15,16). The first-order chi connectivity index (χ1) is 8.72. The minimum atomic E-state index is -3.84. The van der Waals surface area contributed by atoms with E-state index in [0.717, 1.165) is 18.2 Å². The maximum absolute atomic E-state index is 12.9. The Kier molecular flexibility index (Phi) is 5.28. The van der Waals surface area contributed by atoms with Gasteiger partial charge in [-0.2, -0.15) is 0 Å². The first kappa shape index (κ1) is 15.9. The lowest BCUT2D eigenvalue weighted by Gasteiger charge is -2.13. The zero-order chi connectivity index (χ0) is 14.6. The van der Waals surface area contributed by atoms with Crippen LogP contribution in [0.4, 0.5) is 4.39 Å². The molecule has 8 heteroatoms. The fraction of sp³-hybridized carbons (Fsp3) is 0.364. The molecular weight excluding hydrogens is 297 g/mol. The normalized spacial score (nSPS) is 13.2. The molecule has 0 radical (unpaired) electrons. The van der Waals surface area contributed by atoms with Crippen molar-refractivity contribution in [1.82, 2.24) is 4.72 Å². The minimum absolute atomic E-state index is 0.145. The van der Waals surface area contributed by atoms with Crippen LogP contribution in [0.15, 0.2) is 23.1 Å². The fourth-order valence-corrected chi connectivity index (χ4v) is 2.92. The number of sulfonamides is 1. The molecule has 1 aromatic carbocycles. The van der Waals surface area contributed by atoms with Crippen molar-refractivity contribution in [3.8, 4) is 0 Å². The maximum Gasteiger partial charge on any atom is 0.303 e. The monoisotopic (exact) mass is 309 g/mol. The van der Waals surface area contributed by atoms with Gasteiger partial charge in [0.05, 0.1) is 9.92 Å². The number of nitrogens with one attached hydrogen (secondary N) is 1. The number of carboxylic acids is 1. The fourth-order valence-electron chi connectivity index (χ4n) is 1.38. The van der Waals surface area contributed by atoms with E-state index >= 15 is 0 Å². The van der Waals surface area contributed by atoms with E-state index in [0.29, 0.717) is 0 Å². The third kappa shape index (κ3) is 4.77. The molecule has 0 saturated heterocycles. The molecule has 5 nitrogen and oxygen atoms in total. The Hall–Kier alpha value is -1.18. The molecule has 1 rings (SSSR count).